The van der Waals surface area contributed by atoms with Gasteiger partial charge < -0.3 is 4.42 Å². The predicted octanol–water partition coefficient (Wildman–Crippen LogP) is 4.42. The molecule has 0 fully saturated rings. The molecule has 2 heterocycles. The fourth-order valence-electron chi connectivity index (χ4n) is 2.27. The average Bonchev–Trinajstić information content (AvgIpc) is 2.63. The van der Waals surface area contributed by atoms with Crippen LogP contribution < -0.4 is 0 Å². The molecule has 3 rings (SSSR count). The highest BCUT2D eigenvalue weighted by Crippen LogP contribution is 2.29. The molecule has 2 aromatic heterocycles. The van der Waals surface area contributed by atoms with Gasteiger partial charge in [0.15, 0.2) is 16.3 Å². The van der Waals surface area contributed by atoms with Gasteiger partial charge in [0.25, 0.3) is 0 Å². The molecule has 94 valence electrons. The van der Waals surface area contributed by atoms with E-state index in [4.69, 9.17) is 16.0 Å². The summed E-state index contributed by atoms with van der Waals surface area (Å²) >= 11 is 9.55. The van der Waals surface area contributed by atoms with E-state index in [0.717, 1.165) is 24.1 Å². The smallest absolute Gasteiger partial charge is 0.197 e. The third kappa shape index (κ3) is 2.31. The largest absolute Gasteiger partial charge is 0.446 e. The van der Waals surface area contributed by atoms with Crippen molar-refractivity contribution in [3.63, 3.8) is 0 Å². The van der Waals surface area contributed by atoms with Gasteiger partial charge in [-0.1, -0.05) is 18.0 Å². The summed E-state index contributed by atoms with van der Waals surface area (Å²) in [6, 6.07) is 3.68. The lowest BCUT2D eigenvalue weighted by atomic mass is 10.1. The van der Waals surface area contributed by atoms with Crippen molar-refractivity contribution in [2.75, 3.05) is 0 Å². The molecule has 1 aliphatic carbocycles. The lowest BCUT2D eigenvalue weighted by molar-refractivity contribution is 0.550. The number of nitrogens with zero attached hydrogens (tertiary/aromatic N) is 2. The molecular weight excluding hydrogens is 316 g/mol. The van der Waals surface area contributed by atoms with Crippen molar-refractivity contribution in [2.24, 2.45) is 0 Å². The predicted molar refractivity (Wildman–Crippen MR) is 73.7 cm³/mol. The fourth-order valence-corrected chi connectivity index (χ4v) is 2.86. The Bertz CT molecular complexity index is 582. The van der Waals surface area contributed by atoms with Gasteiger partial charge in [0.2, 0.25) is 0 Å². The number of fused-ring (bicyclic) bond motifs is 1. The Kier molecular flexibility index (Phi) is 3.39. The van der Waals surface area contributed by atoms with Crippen LogP contribution in [0, 0.1) is 0 Å². The lowest BCUT2D eigenvalue weighted by Gasteiger charge is -2.07. The molecule has 0 amide bonds. The highest BCUT2D eigenvalue weighted by molar-refractivity contribution is 9.10. The third-order valence-electron chi connectivity index (χ3n) is 3.18. The van der Waals surface area contributed by atoms with Crippen LogP contribution in [0.15, 0.2) is 21.2 Å². The number of halogens is 2. The van der Waals surface area contributed by atoms with E-state index in [1.54, 1.807) is 0 Å². The van der Waals surface area contributed by atoms with E-state index in [1.165, 1.54) is 19.3 Å². The van der Waals surface area contributed by atoms with E-state index in [2.05, 4.69) is 25.9 Å². The van der Waals surface area contributed by atoms with Crippen molar-refractivity contribution in [2.45, 2.75) is 32.1 Å². The van der Waals surface area contributed by atoms with Gasteiger partial charge in [-0.15, -0.1) is 0 Å². The zero-order valence-electron chi connectivity index (χ0n) is 9.75. The summed E-state index contributed by atoms with van der Waals surface area (Å²) in [5, 5.41) is 0.574. The summed E-state index contributed by atoms with van der Waals surface area (Å²) < 4.78 is 6.15. The van der Waals surface area contributed by atoms with Gasteiger partial charge in [0, 0.05) is 11.3 Å². The summed E-state index contributed by atoms with van der Waals surface area (Å²) in [6.45, 7) is 0. The Hall–Kier alpha value is -0.870. The summed E-state index contributed by atoms with van der Waals surface area (Å²) in [5.41, 5.74) is 2.19. The number of rotatable bonds is 1. The van der Waals surface area contributed by atoms with Gasteiger partial charge in [0.1, 0.15) is 5.15 Å². The second-order valence-corrected chi connectivity index (χ2v) is 5.57. The maximum atomic E-state index is 6.27. The Morgan fingerprint density at radius 2 is 1.94 bits per heavy atom. The highest BCUT2D eigenvalue weighted by Gasteiger charge is 2.17. The molecule has 0 radical (unpaired) electrons. The zero-order valence-corrected chi connectivity index (χ0v) is 12.1. The van der Waals surface area contributed by atoms with Crippen LogP contribution in [-0.2, 0) is 12.8 Å². The molecule has 0 atom stereocenters. The summed E-state index contributed by atoms with van der Waals surface area (Å²) in [6.07, 6.45) is 5.53. The van der Waals surface area contributed by atoms with Crippen molar-refractivity contribution in [3.8, 4) is 11.6 Å². The van der Waals surface area contributed by atoms with Crippen molar-refractivity contribution >= 4 is 27.5 Å². The topological polar surface area (TPSA) is 38.9 Å². The number of hydrogen-bond donors (Lipinski definition) is 0. The van der Waals surface area contributed by atoms with Gasteiger partial charge in [-0.05, 0) is 53.7 Å². The van der Waals surface area contributed by atoms with E-state index in [1.807, 2.05) is 12.1 Å². The summed E-state index contributed by atoms with van der Waals surface area (Å²) in [4.78, 5) is 8.96. The molecule has 5 heteroatoms. The molecule has 0 saturated carbocycles. The second kappa shape index (κ2) is 5.02. The Balaban J connectivity index is 2.07. The highest BCUT2D eigenvalue weighted by atomic mass is 79.9. The third-order valence-corrected chi connectivity index (χ3v) is 3.92. The Labute approximate surface area is 119 Å². The van der Waals surface area contributed by atoms with Crippen LogP contribution in [0.25, 0.3) is 11.6 Å². The quantitative estimate of drug-likeness (QED) is 0.575. The minimum absolute atomic E-state index is 0.574. The second-order valence-electron chi connectivity index (χ2n) is 4.43. The number of furan rings is 1. The van der Waals surface area contributed by atoms with Crippen LogP contribution >= 0.6 is 27.5 Å². The van der Waals surface area contributed by atoms with Crippen LogP contribution in [0.5, 0.6) is 0 Å². The minimum atomic E-state index is 0.574. The van der Waals surface area contributed by atoms with Crippen molar-refractivity contribution in [3.05, 3.63) is 33.2 Å². The van der Waals surface area contributed by atoms with Gasteiger partial charge in [-0.3, -0.25) is 0 Å². The molecule has 0 saturated heterocycles. The van der Waals surface area contributed by atoms with E-state index in [-0.39, 0.29) is 0 Å². The summed E-state index contributed by atoms with van der Waals surface area (Å²) in [7, 11) is 0. The summed E-state index contributed by atoms with van der Waals surface area (Å²) in [5.74, 6) is 1.22. The first-order chi connectivity index (χ1) is 8.74. The van der Waals surface area contributed by atoms with Gasteiger partial charge >= 0.3 is 0 Å². The molecular formula is C13H12BrClN2O. The molecule has 18 heavy (non-hydrogen) atoms. The number of aromatic nitrogens is 2. The van der Waals surface area contributed by atoms with Gasteiger partial charge in [0.05, 0.1) is 0 Å². The van der Waals surface area contributed by atoms with Crippen molar-refractivity contribution in [1.29, 1.82) is 0 Å². The molecule has 3 nitrogen and oxygen atoms in total. The van der Waals surface area contributed by atoms with Crippen LogP contribution in [0.2, 0.25) is 5.15 Å². The first-order valence-electron chi connectivity index (χ1n) is 6.05. The fraction of sp³-hybridized carbons (Fsp3) is 0.385. The molecule has 0 unspecified atom stereocenters. The molecule has 0 aromatic carbocycles. The lowest BCUT2D eigenvalue weighted by Crippen LogP contribution is -2.01. The molecule has 0 aliphatic heterocycles. The first-order valence-corrected chi connectivity index (χ1v) is 7.22. The monoisotopic (exact) mass is 326 g/mol. The van der Waals surface area contributed by atoms with Crippen LogP contribution in [0.1, 0.15) is 30.5 Å². The maximum absolute atomic E-state index is 6.27. The zero-order chi connectivity index (χ0) is 12.5. The normalized spacial score (nSPS) is 15.2. The van der Waals surface area contributed by atoms with Gasteiger partial charge in [-0.25, -0.2) is 9.97 Å². The molecule has 2 aromatic rings. The molecule has 0 spiro atoms. The average molecular weight is 328 g/mol. The number of aryl methyl sites for hydroxylation is 1. The molecule has 1 aliphatic rings. The van der Waals surface area contributed by atoms with Crippen molar-refractivity contribution in [1.82, 2.24) is 9.97 Å². The standard InChI is InChI=1S/C13H12BrClN2O/c14-11-7-6-10(18-11)13-16-9-5-3-1-2-4-8(9)12(15)17-13/h6-7H,1-5H2. The minimum Gasteiger partial charge on any atom is -0.446 e. The SMILES string of the molecule is Clc1nc(-c2ccc(Br)o2)nc2c1CCCCC2. The van der Waals surface area contributed by atoms with Gasteiger partial charge in [-0.2, -0.15) is 0 Å². The van der Waals surface area contributed by atoms with E-state index >= 15 is 0 Å². The Morgan fingerprint density at radius 3 is 2.72 bits per heavy atom. The molecule has 0 N–H and O–H groups in total. The van der Waals surface area contributed by atoms with Crippen molar-refractivity contribution < 1.29 is 4.42 Å². The van der Waals surface area contributed by atoms with E-state index in [9.17, 15) is 0 Å². The van der Waals surface area contributed by atoms with Crippen LogP contribution in [0.4, 0.5) is 0 Å². The van der Waals surface area contributed by atoms with Crippen LogP contribution in [0.3, 0.4) is 0 Å². The van der Waals surface area contributed by atoms with E-state index in [0.29, 0.717) is 21.4 Å². The van der Waals surface area contributed by atoms with E-state index < -0.39 is 0 Å². The number of hydrogen-bond acceptors (Lipinski definition) is 3. The first kappa shape index (κ1) is 12.2. The maximum Gasteiger partial charge on any atom is 0.197 e. The Morgan fingerprint density at radius 1 is 1.11 bits per heavy atom. The van der Waals surface area contributed by atoms with Crippen LogP contribution in [-0.4, -0.2) is 9.97 Å². The molecule has 0 bridgehead atoms.